The van der Waals surface area contributed by atoms with Crippen LogP contribution in [0.4, 0.5) is 17.5 Å². The van der Waals surface area contributed by atoms with Gasteiger partial charge in [-0.1, -0.05) is 78.6 Å². The molecule has 0 unspecified atom stereocenters. The maximum Gasteiger partial charge on any atom is 0.396 e. The van der Waals surface area contributed by atoms with Gasteiger partial charge in [-0.2, -0.15) is 0 Å². The molecule has 0 radical (unpaired) electrons. The van der Waals surface area contributed by atoms with Crippen molar-refractivity contribution in [1.82, 2.24) is 71.1 Å². The van der Waals surface area contributed by atoms with E-state index in [1.54, 1.807) is 43.7 Å². The van der Waals surface area contributed by atoms with E-state index in [9.17, 15) is 14.4 Å². The molecule has 9 heterocycles. The zero-order chi connectivity index (χ0) is 63.8. The molecule has 0 aliphatic rings. The zero-order valence-electron chi connectivity index (χ0n) is 49.1. The number of halogens is 4. The zero-order valence-corrected chi connectivity index (χ0v) is 52.2. The number of amides is 2. The van der Waals surface area contributed by atoms with Crippen LogP contribution >= 0.6 is 47.2 Å². The molecule has 10 N–H and O–H groups in total. The van der Waals surface area contributed by atoms with Gasteiger partial charge >= 0.3 is 35.5 Å². The molecule has 12 aromatic rings. The summed E-state index contributed by atoms with van der Waals surface area (Å²) in [6.07, 6.45) is 6.01. The summed E-state index contributed by atoms with van der Waals surface area (Å²) in [4.78, 5) is 61.2. The van der Waals surface area contributed by atoms with E-state index in [0.717, 1.165) is 83.2 Å². The minimum Gasteiger partial charge on any atom is -0.459 e. The molecule has 25 nitrogen and oxygen atoms in total. The van der Waals surface area contributed by atoms with E-state index in [2.05, 4.69) is 71.1 Å². The summed E-state index contributed by atoms with van der Waals surface area (Å²) in [5.41, 5.74) is 32.7. The van der Waals surface area contributed by atoms with Crippen LogP contribution in [0, 0.1) is 20.8 Å². The predicted octanol–water partition coefficient (Wildman–Crippen LogP) is 10.7. The maximum atomic E-state index is 12.3. The van der Waals surface area contributed by atoms with Gasteiger partial charge in [-0.15, -0.1) is 43.0 Å². The number of hydrogen-bond acceptors (Lipinski definition) is 23. The molecule has 0 saturated heterocycles. The van der Waals surface area contributed by atoms with Gasteiger partial charge in [0.25, 0.3) is 0 Å². The summed E-state index contributed by atoms with van der Waals surface area (Å²) in [6, 6.07) is 33.5. The third-order valence-electron chi connectivity index (χ3n) is 13.2. The number of carbonyl (C=O) groups is 3. The highest BCUT2D eigenvalue weighted by Gasteiger charge is 2.19. The first-order chi connectivity index (χ1) is 43.3. The number of nitrogen functional groups attached to an aromatic ring is 3. The number of nitrogens with zero attached hydrogens (tertiary/aromatic N) is 12. The average Bonchev–Trinajstić information content (AvgIpc) is 1.22. The van der Waals surface area contributed by atoms with Crippen LogP contribution in [0.2, 0.25) is 15.1 Å². The summed E-state index contributed by atoms with van der Waals surface area (Å²) >= 11 is 18.0. The molecule has 0 aliphatic heterocycles. The quantitative estimate of drug-likeness (QED) is 0.0519. The average molecular weight is 1330 g/mol. The van der Waals surface area contributed by atoms with Gasteiger partial charge < -0.3 is 51.6 Å². The van der Waals surface area contributed by atoms with Gasteiger partial charge in [-0.25, -0.2) is 19.7 Å². The number of anilines is 3. The summed E-state index contributed by atoms with van der Waals surface area (Å²) in [7, 11) is 0. The van der Waals surface area contributed by atoms with Gasteiger partial charge in [0, 0.05) is 71.5 Å². The second-order valence-corrected chi connectivity index (χ2v) is 21.1. The van der Waals surface area contributed by atoms with E-state index in [1.165, 1.54) is 0 Å². The Labute approximate surface area is 547 Å². The van der Waals surface area contributed by atoms with Crippen LogP contribution in [0.1, 0.15) is 115 Å². The number of rotatable bonds is 15. The molecule has 92 heavy (non-hydrogen) atoms. The molecule has 2 amide bonds. The van der Waals surface area contributed by atoms with Crippen LogP contribution in [0.15, 0.2) is 141 Å². The Morgan fingerprint density at radius 1 is 0.478 bits per heavy atom. The van der Waals surface area contributed by atoms with E-state index < -0.39 is 17.8 Å². The first kappa shape index (κ1) is 69.2. The number of hydrogen-bond donors (Lipinski definition) is 6. The lowest BCUT2D eigenvalue weighted by Crippen LogP contribution is -2.23. The number of ether oxygens (including phenoxy) is 1. The Hall–Kier alpha value is -10.3. The molecule has 0 spiro atoms. The monoisotopic (exact) mass is 1320 g/mol. The Bertz CT molecular complexity index is 4360. The smallest absolute Gasteiger partial charge is 0.396 e. The Kier molecular flexibility index (Phi) is 24.4. The van der Waals surface area contributed by atoms with Gasteiger partial charge in [-0.3, -0.25) is 24.5 Å². The van der Waals surface area contributed by atoms with Crippen LogP contribution in [0.25, 0.3) is 32.7 Å². The van der Waals surface area contributed by atoms with Crippen molar-refractivity contribution in [3.63, 3.8) is 0 Å². The van der Waals surface area contributed by atoms with Crippen LogP contribution in [-0.2, 0) is 43.6 Å². The summed E-state index contributed by atoms with van der Waals surface area (Å²) in [5.74, 6) is 0.619. The molecule has 3 aromatic carbocycles. The van der Waals surface area contributed by atoms with E-state index in [4.69, 9.17) is 75.7 Å². The topological polar surface area (TPSA) is 383 Å². The van der Waals surface area contributed by atoms with Gasteiger partial charge in [0.2, 0.25) is 17.7 Å². The predicted molar refractivity (Wildman–Crippen MR) is 352 cm³/mol. The molecular weight excluding hydrogens is 1260 g/mol. The Morgan fingerprint density at radius 3 is 1.15 bits per heavy atom. The molecule has 0 fully saturated rings. The number of esters is 1. The van der Waals surface area contributed by atoms with Crippen molar-refractivity contribution in [3.05, 3.63) is 229 Å². The molecule has 0 saturated carbocycles. The largest absolute Gasteiger partial charge is 0.459 e. The normalized spacial score (nSPS) is 10.6. The van der Waals surface area contributed by atoms with E-state index in [1.807, 2.05) is 112 Å². The van der Waals surface area contributed by atoms with Gasteiger partial charge in [0.1, 0.15) is 17.5 Å². The Morgan fingerprint density at radius 2 is 0.815 bits per heavy atom. The third-order valence-corrected chi connectivity index (χ3v) is 13.8. The second-order valence-electron chi connectivity index (χ2n) is 19.8. The fraction of sp³-hybridized carbons (Fsp3) is 0.190. The number of carbonyl (C=O) groups excluding carboxylic acids is 3. The van der Waals surface area contributed by atoms with Gasteiger partial charge in [0.15, 0.2) is 0 Å². The first-order valence-corrected chi connectivity index (χ1v) is 28.7. The van der Waals surface area contributed by atoms with E-state index in [0.29, 0.717) is 76.0 Å². The minimum absolute atomic E-state index is 0. The number of nitrogens with one attached hydrogen (secondary N) is 2. The lowest BCUT2D eigenvalue weighted by atomic mass is 10.1. The van der Waals surface area contributed by atoms with Crippen molar-refractivity contribution in [1.29, 1.82) is 0 Å². The van der Waals surface area contributed by atoms with Crippen LogP contribution in [0.3, 0.4) is 0 Å². The van der Waals surface area contributed by atoms with E-state index in [-0.39, 0.29) is 57.2 Å². The van der Waals surface area contributed by atoms with Gasteiger partial charge in [0.05, 0.1) is 57.5 Å². The third kappa shape index (κ3) is 19.1. The van der Waals surface area contributed by atoms with Crippen molar-refractivity contribution in [2.24, 2.45) is 5.73 Å². The lowest BCUT2D eigenvalue weighted by molar-refractivity contribution is 0.0478. The molecule has 0 aliphatic carbocycles. The van der Waals surface area contributed by atoms with Gasteiger partial charge in [-0.05, 0) is 134 Å². The van der Waals surface area contributed by atoms with Crippen molar-refractivity contribution in [2.75, 3.05) is 23.8 Å². The highest BCUT2D eigenvalue weighted by molar-refractivity contribution is 6.31. The highest BCUT2D eigenvalue weighted by Crippen LogP contribution is 2.24. The lowest BCUT2D eigenvalue weighted by Gasteiger charge is -2.06. The molecular formula is C63H62Cl4N18O7. The van der Waals surface area contributed by atoms with Crippen molar-refractivity contribution in [2.45, 2.75) is 74.0 Å². The van der Waals surface area contributed by atoms with Crippen LogP contribution in [0.5, 0.6) is 0 Å². The van der Waals surface area contributed by atoms with Crippen LogP contribution in [-0.4, -0.2) is 84.9 Å². The molecule has 474 valence electrons. The fourth-order valence-corrected chi connectivity index (χ4v) is 9.17. The summed E-state index contributed by atoms with van der Waals surface area (Å²) in [6.45, 7) is 8.63. The summed E-state index contributed by atoms with van der Waals surface area (Å²) < 4.78 is 21.1. The summed E-state index contributed by atoms with van der Waals surface area (Å²) in [5, 5.41) is 33.1. The van der Waals surface area contributed by atoms with Crippen molar-refractivity contribution >= 4 is 115 Å². The van der Waals surface area contributed by atoms with Crippen molar-refractivity contribution < 1.29 is 32.4 Å². The Balaban J connectivity index is 0.000000181. The fourth-order valence-electron chi connectivity index (χ4n) is 8.67. The number of aryl methyl sites for hydroxylation is 3. The number of benzene rings is 3. The molecule has 29 heteroatoms. The number of nitrogens with two attached hydrogens (primary N) is 4. The minimum atomic E-state index is -0.615. The standard InChI is InChI=1S/2C20H17ClN6O2.C15H12ClN3O3.C7H11N3.CH4.ClH/c2*1-11-13(3-5-17(22)25-11)9-24-19(28)20-27-26-18(29-20)7-12-2-4-16-14(6-12)8-15(21)10-23-16;1-2-21-15(20)14-19-18-13(22-14)6-9-3-4-12-10(5-9)7-11(16)8-17-12;1-5-6(4-8)2-3-7(9)10-5;;/h2*2-6,8,10H,7,9H2,1H3,(H2,22,25)(H,24,28);3-5,7-8H,2,6H2,1H3;2-3H,4,8H2,1H3,(H2,9,10);1H4;1H. The maximum absolute atomic E-state index is 12.3. The first-order valence-electron chi connectivity index (χ1n) is 27.5. The molecule has 9 aromatic heterocycles. The number of pyridine rings is 6. The molecule has 0 bridgehead atoms. The van der Waals surface area contributed by atoms with Crippen LogP contribution < -0.4 is 33.6 Å². The SMILES string of the molecule is C.CCOC(=O)c1nnc(Cc2ccc3ncc(Cl)cc3c2)o1.Cc1nc(N)ccc1CN.Cc1nc(N)ccc1CNC(=O)c1nnc(Cc2ccc3ncc(Cl)cc3c2)o1.Cc1nc(N)ccc1CNC(=O)c1nnc(Cc2ccc3ncc(Cl)cc3c2)o1.Cl. The number of aromatic nitrogens is 12. The number of fused-ring (bicyclic) bond motifs is 3. The molecule has 12 rings (SSSR count). The highest BCUT2D eigenvalue weighted by atomic mass is 35.5. The second kappa shape index (κ2) is 32.4. The molecule has 0 atom stereocenters. The van der Waals surface area contributed by atoms with Crippen molar-refractivity contribution in [3.8, 4) is 0 Å². The van der Waals surface area contributed by atoms with E-state index >= 15 is 0 Å².